The zero-order valence-corrected chi connectivity index (χ0v) is 27.7. The van der Waals surface area contributed by atoms with Crippen LogP contribution < -0.4 is 14.4 Å². The molecule has 0 heterocycles. The number of carbonyl (C=O) groups is 2. The summed E-state index contributed by atoms with van der Waals surface area (Å²) in [6, 6.07) is 25.3. The number of halogens is 3. The van der Waals surface area contributed by atoms with Gasteiger partial charge in [-0.2, -0.15) is 0 Å². The van der Waals surface area contributed by atoms with Gasteiger partial charge in [0.25, 0.3) is 10.0 Å². The van der Waals surface area contributed by atoms with E-state index in [1.807, 2.05) is 30.3 Å². The minimum absolute atomic E-state index is 0.0324. The van der Waals surface area contributed by atoms with Crippen molar-refractivity contribution in [2.24, 2.45) is 0 Å². The number of benzene rings is 4. The van der Waals surface area contributed by atoms with Gasteiger partial charge >= 0.3 is 0 Å². The number of nitrogens with zero attached hydrogens (tertiary/aromatic N) is 2. The Morgan fingerprint density at radius 2 is 1.47 bits per heavy atom. The minimum Gasteiger partial charge on any atom is -0.495 e. The first kappa shape index (κ1) is 34.1. The third-order valence-electron chi connectivity index (χ3n) is 7.05. The minimum atomic E-state index is -4.29. The Morgan fingerprint density at radius 1 is 0.844 bits per heavy atom. The van der Waals surface area contributed by atoms with E-state index >= 15 is 0 Å². The van der Waals surface area contributed by atoms with Gasteiger partial charge in [-0.15, -0.1) is 0 Å². The Bertz CT molecular complexity index is 1720. The molecule has 1 unspecified atom stereocenters. The van der Waals surface area contributed by atoms with Crippen LogP contribution in [0, 0.1) is 0 Å². The number of ether oxygens (including phenoxy) is 1. The number of rotatable bonds is 13. The molecule has 12 heteroatoms. The lowest BCUT2D eigenvalue weighted by Gasteiger charge is -2.34. The summed E-state index contributed by atoms with van der Waals surface area (Å²) in [4.78, 5) is 29.4. The van der Waals surface area contributed by atoms with Gasteiger partial charge in [-0.25, -0.2) is 8.42 Å². The molecular weight excluding hydrogens is 657 g/mol. The van der Waals surface area contributed by atoms with Crippen LogP contribution in [0.15, 0.2) is 102 Å². The number of hydrogen-bond donors (Lipinski definition) is 1. The van der Waals surface area contributed by atoms with Crippen LogP contribution in [0.1, 0.15) is 18.1 Å². The van der Waals surface area contributed by atoms with Gasteiger partial charge < -0.3 is 15.0 Å². The van der Waals surface area contributed by atoms with E-state index in [-0.39, 0.29) is 28.6 Å². The predicted octanol–water partition coefficient (Wildman–Crippen LogP) is 6.63. The van der Waals surface area contributed by atoms with Crippen molar-refractivity contribution >= 4 is 62.3 Å². The van der Waals surface area contributed by atoms with Crippen LogP contribution in [0.3, 0.4) is 0 Å². The van der Waals surface area contributed by atoms with Crippen molar-refractivity contribution in [1.29, 1.82) is 0 Å². The average Bonchev–Trinajstić information content (AvgIpc) is 3.03. The number of carbonyl (C=O) groups excluding carboxylic acids is 2. The van der Waals surface area contributed by atoms with Crippen LogP contribution in [0.5, 0.6) is 5.75 Å². The van der Waals surface area contributed by atoms with Gasteiger partial charge in [0.1, 0.15) is 18.3 Å². The number of hydrogen-bond acceptors (Lipinski definition) is 5. The number of likely N-dealkylation sites (N-methyl/N-ethyl adjacent to an activating group) is 1. The molecule has 0 saturated carbocycles. The fourth-order valence-corrected chi connectivity index (χ4v) is 6.95. The molecular formula is C33H32Cl3N3O5S. The molecule has 0 spiro atoms. The van der Waals surface area contributed by atoms with Crippen molar-refractivity contribution in [3.05, 3.63) is 123 Å². The molecule has 4 aromatic rings. The fraction of sp³-hybridized carbons (Fsp3) is 0.212. The molecule has 0 fully saturated rings. The third kappa shape index (κ3) is 8.29. The van der Waals surface area contributed by atoms with Gasteiger partial charge in [0.2, 0.25) is 11.8 Å². The molecule has 0 bridgehead atoms. The van der Waals surface area contributed by atoms with E-state index in [1.54, 1.807) is 43.3 Å². The van der Waals surface area contributed by atoms with E-state index < -0.39 is 34.4 Å². The zero-order chi connectivity index (χ0) is 32.6. The van der Waals surface area contributed by atoms with Crippen molar-refractivity contribution in [3.8, 4) is 5.75 Å². The summed E-state index contributed by atoms with van der Waals surface area (Å²) < 4.78 is 34.4. The first-order chi connectivity index (χ1) is 21.6. The first-order valence-electron chi connectivity index (χ1n) is 14.0. The Morgan fingerprint density at radius 3 is 2.04 bits per heavy atom. The van der Waals surface area contributed by atoms with Gasteiger partial charge in [-0.3, -0.25) is 13.9 Å². The van der Waals surface area contributed by atoms with Gasteiger partial charge in [-0.05, 0) is 55.0 Å². The Hall–Kier alpha value is -3.76. The number of sulfonamides is 1. The van der Waals surface area contributed by atoms with Crippen LogP contribution in [0.2, 0.25) is 15.1 Å². The van der Waals surface area contributed by atoms with Crippen molar-refractivity contribution in [2.75, 3.05) is 24.5 Å². The van der Waals surface area contributed by atoms with Gasteiger partial charge in [0.15, 0.2) is 0 Å². The summed E-state index contributed by atoms with van der Waals surface area (Å²) in [7, 11) is -2.85. The van der Waals surface area contributed by atoms with Crippen LogP contribution in [0.25, 0.3) is 0 Å². The second-order valence-electron chi connectivity index (χ2n) is 9.97. The molecule has 8 nitrogen and oxygen atoms in total. The molecule has 4 rings (SSSR count). The highest BCUT2D eigenvalue weighted by molar-refractivity contribution is 7.92. The lowest BCUT2D eigenvalue weighted by Crippen LogP contribution is -2.53. The summed E-state index contributed by atoms with van der Waals surface area (Å²) in [5, 5.41) is 3.56. The van der Waals surface area contributed by atoms with Gasteiger partial charge in [0.05, 0.1) is 22.7 Å². The molecule has 1 N–H and O–H groups in total. The van der Waals surface area contributed by atoms with Crippen LogP contribution in [-0.2, 0) is 32.6 Å². The van der Waals surface area contributed by atoms with Crippen molar-refractivity contribution in [3.63, 3.8) is 0 Å². The molecule has 236 valence electrons. The highest BCUT2D eigenvalue weighted by Gasteiger charge is 2.35. The quantitative estimate of drug-likeness (QED) is 0.170. The number of nitrogens with one attached hydrogen (secondary N) is 1. The smallest absolute Gasteiger partial charge is 0.264 e. The normalized spacial score (nSPS) is 11.8. The van der Waals surface area contributed by atoms with E-state index in [0.717, 1.165) is 9.87 Å². The largest absolute Gasteiger partial charge is 0.495 e. The average molecular weight is 689 g/mol. The molecule has 0 aliphatic carbocycles. The summed E-state index contributed by atoms with van der Waals surface area (Å²) in [6.45, 7) is 1.27. The highest BCUT2D eigenvalue weighted by Crippen LogP contribution is 2.33. The van der Waals surface area contributed by atoms with E-state index in [4.69, 9.17) is 39.5 Å². The van der Waals surface area contributed by atoms with E-state index in [0.29, 0.717) is 27.9 Å². The second kappa shape index (κ2) is 15.5. The van der Waals surface area contributed by atoms with E-state index in [9.17, 15) is 18.0 Å². The molecule has 45 heavy (non-hydrogen) atoms. The fourth-order valence-electron chi connectivity index (χ4n) is 4.76. The van der Waals surface area contributed by atoms with Gasteiger partial charge in [0, 0.05) is 35.1 Å². The SMILES string of the molecule is CCNC(=O)C(Cc1ccccc1)N(Cc1c(Cl)cccc1Cl)C(=O)CN(c1ccc(OC)c(Cl)c1)S(=O)(=O)c1ccccc1. The van der Waals surface area contributed by atoms with Gasteiger partial charge in [-0.1, -0.05) is 89.4 Å². The maximum Gasteiger partial charge on any atom is 0.264 e. The summed E-state index contributed by atoms with van der Waals surface area (Å²) in [5.74, 6) is -0.745. The molecule has 2 amide bonds. The first-order valence-corrected chi connectivity index (χ1v) is 16.6. The summed E-state index contributed by atoms with van der Waals surface area (Å²) in [6.07, 6.45) is 0.153. The standard InChI is InChI=1S/C33H32Cl3N3O5S/c1-3-37-33(41)30(19-23-11-6-4-7-12-23)38(21-26-27(34)15-10-16-28(26)35)32(40)22-39(24-17-18-31(44-2)29(36)20-24)45(42,43)25-13-8-5-9-14-25/h4-18,20,30H,3,19,21-22H2,1-2H3,(H,37,41). The Balaban J connectivity index is 1.84. The number of anilines is 1. The summed E-state index contributed by atoms with van der Waals surface area (Å²) in [5.41, 5.74) is 1.35. The molecule has 1 atom stereocenters. The lowest BCUT2D eigenvalue weighted by molar-refractivity contribution is -0.140. The van der Waals surface area contributed by atoms with Crippen LogP contribution in [0.4, 0.5) is 5.69 Å². The zero-order valence-electron chi connectivity index (χ0n) is 24.6. The van der Waals surface area contributed by atoms with E-state index in [2.05, 4.69) is 5.32 Å². The van der Waals surface area contributed by atoms with Crippen LogP contribution >= 0.6 is 34.8 Å². The maximum atomic E-state index is 14.5. The monoisotopic (exact) mass is 687 g/mol. The predicted molar refractivity (Wildman–Crippen MR) is 179 cm³/mol. The second-order valence-corrected chi connectivity index (χ2v) is 13.0. The molecule has 0 aliphatic rings. The topological polar surface area (TPSA) is 96.0 Å². The third-order valence-corrected chi connectivity index (χ3v) is 9.84. The van der Waals surface area contributed by atoms with Crippen LogP contribution in [-0.4, -0.2) is 51.4 Å². The Labute approximate surface area is 278 Å². The molecule has 0 saturated heterocycles. The maximum absolute atomic E-state index is 14.5. The number of methoxy groups -OCH3 is 1. The Kier molecular flexibility index (Phi) is 11.7. The molecule has 0 radical (unpaired) electrons. The van der Waals surface area contributed by atoms with Crippen molar-refractivity contribution in [1.82, 2.24) is 10.2 Å². The molecule has 4 aromatic carbocycles. The van der Waals surface area contributed by atoms with Crippen molar-refractivity contribution < 1.29 is 22.7 Å². The van der Waals surface area contributed by atoms with Crippen molar-refractivity contribution in [2.45, 2.75) is 30.8 Å². The summed E-state index contributed by atoms with van der Waals surface area (Å²) >= 11 is 19.5. The number of amides is 2. The molecule has 0 aliphatic heterocycles. The lowest BCUT2D eigenvalue weighted by atomic mass is 10.0. The highest BCUT2D eigenvalue weighted by atomic mass is 35.5. The molecule has 0 aromatic heterocycles. The van der Waals surface area contributed by atoms with E-state index in [1.165, 1.54) is 42.3 Å².